The van der Waals surface area contributed by atoms with Crippen LogP contribution in [-0.4, -0.2) is 36.2 Å². The third kappa shape index (κ3) is 11.3. The smallest absolute Gasteiger partial charge is 0.334 e. The lowest BCUT2D eigenvalue weighted by atomic mass is 9.97. The van der Waals surface area contributed by atoms with E-state index in [9.17, 15) is 19.5 Å². The average molecular weight is 356 g/mol. The molecule has 1 N–H and O–H groups in total. The Morgan fingerprint density at radius 3 is 1.88 bits per heavy atom. The van der Waals surface area contributed by atoms with Crippen molar-refractivity contribution in [2.24, 2.45) is 5.92 Å². The highest BCUT2D eigenvalue weighted by molar-refractivity contribution is 5.96. The molecule has 0 aliphatic heterocycles. The largest absolute Gasteiger partial charge is 0.481 e. The van der Waals surface area contributed by atoms with Crippen LogP contribution in [0, 0.1) is 5.92 Å². The molecule has 0 amide bonds. The Labute approximate surface area is 150 Å². The first-order valence-electron chi connectivity index (χ1n) is 9.18. The van der Waals surface area contributed by atoms with Crippen molar-refractivity contribution < 1.29 is 29.0 Å². The van der Waals surface area contributed by atoms with Crippen molar-refractivity contribution in [1.82, 2.24) is 0 Å². The summed E-state index contributed by atoms with van der Waals surface area (Å²) in [6, 6.07) is 0. The maximum atomic E-state index is 11.9. The molecule has 144 valence electrons. The van der Waals surface area contributed by atoms with Crippen LogP contribution in [-0.2, 0) is 23.9 Å². The fourth-order valence-electron chi connectivity index (χ4n) is 2.23. The second kappa shape index (κ2) is 14.5. The molecule has 0 aromatic rings. The number of carboxylic acids is 1. The lowest BCUT2D eigenvalue weighted by molar-refractivity contribution is -0.152. The first-order valence-corrected chi connectivity index (χ1v) is 9.18. The second-order valence-corrected chi connectivity index (χ2v) is 6.10. The summed E-state index contributed by atoms with van der Waals surface area (Å²) in [6.45, 7) is 8.15. The molecule has 0 saturated heterocycles. The molecule has 0 aromatic heterocycles. The van der Waals surface area contributed by atoms with Crippen LogP contribution in [0.5, 0.6) is 0 Å². The molecule has 0 radical (unpaired) electrons. The number of unbranched alkanes of at least 4 members (excludes halogenated alkanes) is 6. The number of carboxylic acid groups (broad SMARTS) is 1. The molecule has 0 spiro atoms. The summed E-state index contributed by atoms with van der Waals surface area (Å²) in [5, 5.41) is 9.25. The van der Waals surface area contributed by atoms with Gasteiger partial charge in [-0.1, -0.05) is 59.0 Å². The van der Waals surface area contributed by atoms with Gasteiger partial charge >= 0.3 is 17.9 Å². The predicted octanol–water partition coefficient (Wildman–Crippen LogP) is 3.88. The lowest BCUT2D eigenvalue weighted by Crippen LogP contribution is -2.26. The van der Waals surface area contributed by atoms with Gasteiger partial charge in [0.25, 0.3) is 0 Å². The number of rotatable bonds is 15. The molecule has 0 bridgehead atoms. The first kappa shape index (κ1) is 23.1. The zero-order chi connectivity index (χ0) is 19.1. The normalized spacial score (nSPS) is 11.6. The van der Waals surface area contributed by atoms with Gasteiger partial charge in [-0.05, 0) is 12.8 Å². The van der Waals surface area contributed by atoms with Gasteiger partial charge in [0.2, 0.25) is 0 Å². The molecule has 25 heavy (non-hydrogen) atoms. The van der Waals surface area contributed by atoms with Crippen LogP contribution in [0.15, 0.2) is 12.2 Å². The van der Waals surface area contributed by atoms with Crippen LogP contribution < -0.4 is 0 Å². The molecule has 6 nitrogen and oxygen atoms in total. The van der Waals surface area contributed by atoms with Gasteiger partial charge in [-0.2, -0.15) is 0 Å². The molecule has 0 saturated carbocycles. The quantitative estimate of drug-likeness (QED) is 0.272. The fraction of sp³-hybridized carbons (Fsp3) is 0.737. The summed E-state index contributed by atoms with van der Waals surface area (Å²) >= 11 is 0. The third-order valence-corrected chi connectivity index (χ3v) is 3.84. The summed E-state index contributed by atoms with van der Waals surface area (Å²) in [4.78, 5) is 35.0. The topological polar surface area (TPSA) is 89.9 Å². The van der Waals surface area contributed by atoms with Crippen molar-refractivity contribution in [1.29, 1.82) is 0 Å². The first-order chi connectivity index (χ1) is 11.9. The van der Waals surface area contributed by atoms with Crippen LogP contribution in [0.2, 0.25) is 0 Å². The minimum Gasteiger partial charge on any atom is -0.481 e. The fourth-order valence-corrected chi connectivity index (χ4v) is 2.23. The van der Waals surface area contributed by atoms with Crippen molar-refractivity contribution in [2.75, 3.05) is 13.2 Å². The monoisotopic (exact) mass is 356 g/mol. The van der Waals surface area contributed by atoms with Gasteiger partial charge in [-0.15, -0.1) is 0 Å². The van der Waals surface area contributed by atoms with Gasteiger partial charge in [0, 0.05) is 5.57 Å². The summed E-state index contributed by atoms with van der Waals surface area (Å²) in [5.41, 5.74) is -0.217. The maximum Gasteiger partial charge on any atom is 0.334 e. The number of hydrogen-bond donors (Lipinski definition) is 1. The van der Waals surface area contributed by atoms with E-state index in [1.807, 2.05) is 0 Å². The Hall–Kier alpha value is -1.85. The number of esters is 2. The number of carbonyl (C=O) groups is 3. The van der Waals surface area contributed by atoms with E-state index in [1.165, 1.54) is 0 Å². The van der Waals surface area contributed by atoms with Gasteiger partial charge in [0.05, 0.1) is 25.6 Å². The molecule has 0 aliphatic rings. The molecule has 0 fully saturated rings. The Morgan fingerprint density at radius 2 is 1.40 bits per heavy atom. The SMILES string of the molecule is C=C(C(=O)OCCCCCC)C(CC(=O)OCCCCCC)C(=O)O. The van der Waals surface area contributed by atoms with Crippen molar-refractivity contribution in [3.05, 3.63) is 12.2 Å². The molecular formula is C19H32O6. The van der Waals surface area contributed by atoms with E-state index in [1.54, 1.807) is 0 Å². The Balaban J connectivity index is 4.28. The summed E-state index contributed by atoms with van der Waals surface area (Å²) in [5.74, 6) is -4.00. The minimum absolute atomic E-state index is 0.217. The molecular weight excluding hydrogens is 324 g/mol. The van der Waals surface area contributed by atoms with Gasteiger partial charge in [0.15, 0.2) is 0 Å². The zero-order valence-electron chi connectivity index (χ0n) is 15.6. The van der Waals surface area contributed by atoms with Gasteiger partial charge in [0.1, 0.15) is 0 Å². The summed E-state index contributed by atoms with van der Waals surface area (Å²) in [6.07, 6.45) is 7.25. The van der Waals surface area contributed by atoms with E-state index >= 15 is 0 Å². The summed E-state index contributed by atoms with van der Waals surface area (Å²) < 4.78 is 10.1. The van der Waals surface area contributed by atoms with E-state index in [0.717, 1.165) is 51.4 Å². The van der Waals surface area contributed by atoms with E-state index in [0.29, 0.717) is 0 Å². The van der Waals surface area contributed by atoms with Crippen molar-refractivity contribution in [2.45, 2.75) is 71.6 Å². The van der Waals surface area contributed by atoms with E-state index in [-0.39, 0.29) is 18.8 Å². The maximum absolute atomic E-state index is 11.9. The van der Waals surface area contributed by atoms with Gasteiger partial charge in [-0.3, -0.25) is 9.59 Å². The van der Waals surface area contributed by atoms with Crippen LogP contribution >= 0.6 is 0 Å². The minimum atomic E-state index is -1.31. The molecule has 0 rings (SSSR count). The highest BCUT2D eigenvalue weighted by Crippen LogP contribution is 2.17. The average Bonchev–Trinajstić information content (AvgIpc) is 2.58. The van der Waals surface area contributed by atoms with Crippen LogP contribution in [0.25, 0.3) is 0 Å². The number of hydrogen-bond acceptors (Lipinski definition) is 5. The number of ether oxygens (including phenoxy) is 2. The van der Waals surface area contributed by atoms with Crippen LogP contribution in [0.3, 0.4) is 0 Å². The van der Waals surface area contributed by atoms with E-state index < -0.39 is 30.2 Å². The van der Waals surface area contributed by atoms with E-state index in [4.69, 9.17) is 9.47 Å². The van der Waals surface area contributed by atoms with Crippen molar-refractivity contribution >= 4 is 17.9 Å². The number of aliphatic carboxylic acids is 1. The van der Waals surface area contributed by atoms with Crippen molar-refractivity contribution in [3.8, 4) is 0 Å². The predicted molar refractivity (Wildman–Crippen MR) is 95.1 cm³/mol. The van der Waals surface area contributed by atoms with E-state index in [2.05, 4.69) is 20.4 Å². The lowest BCUT2D eigenvalue weighted by Gasteiger charge is -2.14. The molecule has 0 heterocycles. The van der Waals surface area contributed by atoms with Crippen LogP contribution in [0.1, 0.15) is 71.6 Å². The number of carbonyl (C=O) groups excluding carboxylic acids is 2. The summed E-state index contributed by atoms with van der Waals surface area (Å²) in [7, 11) is 0. The molecule has 0 aliphatic carbocycles. The standard InChI is InChI=1S/C19H32O6/c1-4-6-8-10-12-24-17(20)14-16(18(21)22)15(3)19(23)25-13-11-9-7-5-2/h16H,3-14H2,1-2H3,(H,21,22). The Kier molecular flexibility index (Phi) is 13.4. The highest BCUT2D eigenvalue weighted by Gasteiger charge is 2.30. The second-order valence-electron chi connectivity index (χ2n) is 6.10. The van der Waals surface area contributed by atoms with Gasteiger partial charge < -0.3 is 14.6 Å². The zero-order valence-corrected chi connectivity index (χ0v) is 15.6. The van der Waals surface area contributed by atoms with Crippen molar-refractivity contribution in [3.63, 3.8) is 0 Å². The van der Waals surface area contributed by atoms with Gasteiger partial charge in [-0.25, -0.2) is 4.79 Å². The Morgan fingerprint density at radius 1 is 0.880 bits per heavy atom. The molecule has 1 unspecified atom stereocenters. The van der Waals surface area contributed by atoms with Crippen LogP contribution in [0.4, 0.5) is 0 Å². The molecule has 1 atom stereocenters. The molecule has 0 aromatic carbocycles. The third-order valence-electron chi connectivity index (χ3n) is 3.84. The highest BCUT2D eigenvalue weighted by atomic mass is 16.5. The Bertz CT molecular complexity index is 430. The molecule has 6 heteroatoms.